The van der Waals surface area contributed by atoms with Gasteiger partial charge in [0.1, 0.15) is 23.3 Å². The van der Waals surface area contributed by atoms with Gasteiger partial charge in [-0.1, -0.05) is 31.5 Å². The van der Waals surface area contributed by atoms with Crippen molar-refractivity contribution in [3.63, 3.8) is 0 Å². The van der Waals surface area contributed by atoms with Crippen LogP contribution in [0.3, 0.4) is 0 Å². The highest BCUT2D eigenvalue weighted by atomic mass is 35.5. The number of carbonyl (C=O) groups is 2. The fraction of sp³-hybridized carbons (Fsp3) is 0.269. The lowest BCUT2D eigenvalue weighted by molar-refractivity contribution is -0.384. The van der Waals surface area contributed by atoms with Gasteiger partial charge in [0.25, 0.3) is 17.5 Å². The van der Waals surface area contributed by atoms with Crippen LogP contribution in [0, 0.1) is 23.0 Å². The number of hydrogen-bond acceptors (Lipinski definition) is 7. The van der Waals surface area contributed by atoms with Crippen LogP contribution in [0.4, 0.5) is 5.69 Å². The van der Waals surface area contributed by atoms with E-state index in [-0.39, 0.29) is 18.2 Å². The average molecular weight is 527 g/mol. The summed E-state index contributed by atoms with van der Waals surface area (Å²) in [6, 6.07) is 13.6. The fourth-order valence-electron chi connectivity index (χ4n) is 3.41. The number of furan rings is 1. The van der Waals surface area contributed by atoms with E-state index < -0.39 is 22.8 Å². The van der Waals surface area contributed by atoms with E-state index in [1.165, 1.54) is 18.3 Å². The first-order valence-corrected chi connectivity index (χ1v) is 11.9. The van der Waals surface area contributed by atoms with E-state index in [0.717, 1.165) is 5.56 Å². The lowest BCUT2D eigenvalue weighted by Gasteiger charge is -2.19. The van der Waals surface area contributed by atoms with Crippen molar-refractivity contribution in [1.82, 2.24) is 10.7 Å². The molecular formula is C26H27ClN4O6. The van der Waals surface area contributed by atoms with Crippen LogP contribution in [0.2, 0.25) is 5.02 Å². The first-order chi connectivity index (χ1) is 17.6. The molecule has 0 spiro atoms. The molecule has 1 heterocycles. The van der Waals surface area contributed by atoms with E-state index >= 15 is 0 Å². The lowest BCUT2D eigenvalue weighted by Crippen LogP contribution is -2.47. The molecule has 2 N–H and O–H groups in total. The lowest BCUT2D eigenvalue weighted by atomic mass is 10.0. The Kier molecular flexibility index (Phi) is 9.39. The number of nitro benzene ring substituents is 1. The van der Waals surface area contributed by atoms with E-state index in [4.69, 9.17) is 20.8 Å². The molecule has 11 heteroatoms. The molecule has 3 rings (SSSR count). The predicted molar refractivity (Wildman–Crippen MR) is 140 cm³/mol. The molecule has 0 fully saturated rings. The van der Waals surface area contributed by atoms with Crippen LogP contribution < -0.4 is 15.5 Å². The molecule has 10 nitrogen and oxygen atoms in total. The van der Waals surface area contributed by atoms with Crippen LogP contribution >= 0.6 is 11.6 Å². The highest BCUT2D eigenvalue weighted by Crippen LogP contribution is 2.28. The molecule has 0 aliphatic carbocycles. The molecule has 1 aromatic heterocycles. The molecule has 37 heavy (non-hydrogen) atoms. The fourth-order valence-corrected chi connectivity index (χ4v) is 3.54. The summed E-state index contributed by atoms with van der Waals surface area (Å²) in [6.45, 7) is 5.42. The second-order valence-electron chi connectivity index (χ2n) is 8.68. The summed E-state index contributed by atoms with van der Waals surface area (Å²) in [6.07, 6.45) is 1.71. The first kappa shape index (κ1) is 27.4. The zero-order valence-electron chi connectivity index (χ0n) is 20.6. The van der Waals surface area contributed by atoms with Gasteiger partial charge in [0.2, 0.25) is 0 Å². The molecule has 0 saturated carbocycles. The van der Waals surface area contributed by atoms with Gasteiger partial charge in [0.05, 0.1) is 11.1 Å². The van der Waals surface area contributed by atoms with Gasteiger partial charge < -0.3 is 14.5 Å². The number of nitrogens with one attached hydrogen (secondary N) is 2. The number of benzene rings is 2. The number of hydrazone groups is 1. The van der Waals surface area contributed by atoms with Crippen LogP contribution in [-0.4, -0.2) is 35.6 Å². The molecule has 0 aliphatic rings. The molecule has 194 valence electrons. The monoisotopic (exact) mass is 526 g/mol. The molecule has 0 unspecified atom stereocenters. The third kappa shape index (κ3) is 8.18. The van der Waals surface area contributed by atoms with Gasteiger partial charge >= 0.3 is 0 Å². The van der Waals surface area contributed by atoms with Crippen LogP contribution in [0.1, 0.15) is 31.6 Å². The quantitative estimate of drug-likeness (QED) is 0.208. The van der Waals surface area contributed by atoms with Crippen molar-refractivity contribution >= 4 is 35.3 Å². The standard InChI is InChI=1S/C26H27ClN4O6/c1-16(2)12-23(29-25(32)15-36-20-8-5-18(27)6-9-20)26(33)30-28-14-21-10-11-24(37-21)22-13-19(31(34)35)7-4-17(22)3/h4-11,13-14,16,23H,12,15H2,1-3H3,(H,29,32)(H,30,33)/b28-14-/t23-/m0/s1. The van der Waals surface area contributed by atoms with E-state index in [1.54, 1.807) is 42.5 Å². The SMILES string of the molecule is Cc1ccc([N+](=O)[O-])cc1-c1ccc(/C=N\NC(=O)[C@H](CC(C)C)NC(=O)COc2ccc(Cl)cc2)o1. The predicted octanol–water partition coefficient (Wildman–Crippen LogP) is 4.88. The molecule has 0 aliphatic heterocycles. The topological polar surface area (TPSA) is 136 Å². The Labute approximate surface area is 218 Å². The number of rotatable bonds is 11. The molecule has 0 saturated heterocycles. The molecule has 3 aromatic rings. The van der Waals surface area contributed by atoms with Gasteiger partial charge in [0, 0.05) is 22.7 Å². The number of hydrogen-bond donors (Lipinski definition) is 2. The minimum Gasteiger partial charge on any atom is -0.484 e. The third-order valence-corrected chi connectivity index (χ3v) is 5.49. The zero-order valence-corrected chi connectivity index (χ0v) is 21.3. The molecule has 0 radical (unpaired) electrons. The Balaban J connectivity index is 1.59. The van der Waals surface area contributed by atoms with Crippen molar-refractivity contribution in [2.45, 2.75) is 33.2 Å². The number of halogens is 1. The Hall–Kier alpha value is -4.18. The Morgan fingerprint density at radius 3 is 2.57 bits per heavy atom. The number of nitro groups is 1. The largest absolute Gasteiger partial charge is 0.484 e. The Bertz CT molecular complexity index is 1290. The van der Waals surface area contributed by atoms with E-state index in [1.807, 2.05) is 20.8 Å². The smallest absolute Gasteiger partial charge is 0.270 e. The number of carbonyl (C=O) groups excluding carboxylic acids is 2. The zero-order chi connectivity index (χ0) is 26.9. The third-order valence-electron chi connectivity index (χ3n) is 5.23. The summed E-state index contributed by atoms with van der Waals surface area (Å²) in [7, 11) is 0. The van der Waals surface area contributed by atoms with E-state index in [2.05, 4.69) is 15.8 Å². The summed E-state index contributed by atoms with van der Waals surface area (Å²) in [4.78, 5) is 35.7. The number of aryl methyl sites for hydroxylation is 1. The van der Waals surface area contributed by atoms with E-state index in [0.29, 0.717) is 34.3 Å². The average Bonchev–Trinajstić information content (AvgIpc) is 3.31. The maximum atomic E-state index is 12.7. The van der Waals surface area contributed by atoms with Crippen molar-refractivity contribution in [3.05, 3.63) is 81.1 Å². The normalized spacial score (nSPS) is 11.9. The van der Waals surface area contributed by atoms with Crippen molar-refractivity contribution in [3.8, 4) is 17.1 Å². The maximum Gasteiger partial charge on any atom is 0.270 e. The highest BCUT2D eigenvalue weighted by Gasteiger charge is 2.22. The summed E-state index contributed by atoms with van der Waals surface area (Å²) >= 11 is 5.84. The number of nitrogens with zero attached hydrogens (tertiary/aromatic N) is 2. The Morgan fingerprint density at radius 2 is 1.89 bits per heavy atom. The maximum absolute atomic E-state index is 12.7. The summed E-state index contributed by atoms with van der Waals surface area (Å²) in [5.74, 6) is 0.422. The van der Waals surface area contributed by atoms with Crippen LogP contribution in [0.25, 0.3) is 11.3 Å². The van der Waals surface area contributed by atoms with Crippen molar-refractivity contribution < 1.29 is 23.7 Å². The van der Waals surface area contributed by atoms with Gasteiger partial charge in [-0.2, -0.15) is 5.10 Å². The molecule has 2 amide bonds. The van der Waals surface area contributed by atoms with Gasteiger partial charge in [-0.05, 0) is 61.2 Å². The number of amides is 2. The van der Waals surface area contributed by atoms with Gasteiger partial charge in [-0.3, -0.25) is 19.7 Å². The molecule has 0 bridgehead atoms. The second kappa shape index (κ2) is 12.7. The van der Waals surface area contributed by atoms with Crippen LogP contribution in [0.15, 0.2) is 64.1 Å². The molecule has 1 atom stereocenters. The van der Waals surface area contributed by atoms with Gasteiger partial charge in [0.15, 0.2) is 6.61 Å². The van der Waals surface area contributed by atoms with Crippen LogP contribution in [-0.2, 0) is 9.59 Å². The molecular weight excluding hydrogens is 500 g/mol. The van der Waals surface area contributed by atoms with Gasteiger partial charge in [-0.25, -0.2) is 5.43 Å². The Morgan fingerprint density at radius 1 is 1.16 bits per heavy atom. The van der Waals surface area contributed by atoms with Crippen LogP contribution in [0.5, 0.6) is 5.75 Å². The summed E-state index contributed by atoms with van der Waals surface area (Å²) < 4.78 is 11.2. The van der Waals surface area contributed by atoms with Gasteiger partial charge in [-0.15, -0.1) is 0 Å². The van der Waals surface area contributed by atoms with Crippen molar-refractivity contribution in [1.29, 1.82) is 0 Å². The number of ether oxygens (including phenoxy) is 1. The van der Waals surface area contributed by atoms with Crippen molar-refractivity contribution in [2.24, 2.45) is 11.0 Å². The number of non-ortho nitro benzene ring substituents is 1. The minimum absolute atomic E-state index is 0.0451. The van der Waals surface area contributed by atoms with Crippen molar-refractivity contribution in [2.75, 3.05) is 6.61 Å². The summed E-state index contributed by atoms with van der Waals surface area (Å²) in [5.41, 5.74) is 3.76. The first-order valence-electron chi connectivity index (χ1n) is 11.5. The molecule has 2 aromatic carbocycles. The van der Waals surface area contributed by atoms with E-state index in [9.17, 15) is 19.7 Å². The summed E-state index contributed by atoms with van der Waals surface area (Å²) in [5, 5.41) is 18.2. The highest BCUT2D eigenvalue weighted by molar-refractivity contribution is 6.30. The second-order valence-corrected chi connectivity index (χ2v) is 9.12. The minimum atomic E-state index is -0.821.